The summed E-state index contributed by atoms with van der Waals surface area (Å²) in [7, 11) is 0. The first kappa shape index (κ1) is 30.6. The Morgan fingerprint density at radius 1 is 0.800 bits per heavy atom. The molecule has 4 N–H and O–H groups in total. The van der Waals surface area contributed by atoms with Crippen molar-refractivity contribution in [2.24, 2.45) is 0 Å². The molecule has 184 valence electrons. The summed E-state index contributed by atoms with van der Waals surface area (Å²) in [5, 5.41) is 17.0. The molecule has 2 aromatic carbocycles. The topological polar surface area (TPSA) is 145 Å². The molecule has 0 radical (unpaired) electrons. The summed E-state index contributed by atoms with van der Waals surface area (Å²) in [6.45, 7) is 3.72. The van der Waals surface area contributed by atoms with Crippen LogP contribution in [0.1, 0.15) is 11.4 Å². The molecule has 13 heteroatoms. The van der Waals surface area contributed by atoms with Crippen LogP contribution in [-0.4, -0.2) is 24.9 Å². The number of para-hydroxylation sites is 4. The van der Waals surface area contributed by atoms with Gasteiger partial charge in [-0.1, -0.05) is 24.3 Å². The quantitative estimate of drug-likeness (QED) is 0.0846. The maximum Gasteiger partial charge on any atom is 0.292 e. The smallest absolute Gasteiger partial charge is 0.292 e. The molecule has 0 bridgehead atoms. The normalized spacial score (nSPS) is 9.26. The van der Waals surface area contributed by atoms with E-state index < -0.39 is 4.92 Å². The Hall–Kier alpha value is -2.41. The first-order chi connectivity index (χ1) is 16.5. The van der Waals surface area contributed by atoms with Gasteiger partial charge in [-0.2, -0.15) is 0 Å². The van der Waals surface area contributed by atoms with Crippen molar-refractivity contribution < 1.29 is 4.92 Å². The van der Waals surface area contributed by atoms with Crippen LogP contribution in [0.15, 0.2) is 73.6 Å². The van der Waals surface area contributed by atoms with Crippen molar-refractivity contribution in [1.82, 2.24) is 19.9 Å². The third kappa shape index (κ3) is 9.63. The molecule has 2 heterocycles. The predicted molar refractivity (Wildman–Crippen MR) is 168 cm³/mol. The van der Waals surface area contributed by atoms with Crippen molar-refractivity contribution in [3.63, 3.8) is 0 Å². The van der Waals surface area contributed by atoms with Crippen LogP contribution in [0.2, 0.25) is 0 Å². The third-order valence-corrected chi connectivity index (χ3v) is 4.42. The van der Waals surface area contributed by atoms with Crippen LogP contribution in [0.25, 0.3) is 0 Å². The predicted octanol–water partition coefficient (Wildman–Crippen LogP) is 6.94. The molecular weight excluding hydrogens is 789 g/mol. The SMILES string of the molecule is Cc1ncncc1Nc1ccccc1N.Cc1ncncc1Nc1ccccc1[N+](=O)[O-].I.II. The molecule has 0 spiro atoms. The van der Waals surface area contributed by atoms with Crippen LogP contribution in [0, 0.1) is 24.0 Å². The van der Waals surface area contributed by atoms with Crippen LogP contribution in [0.5, 0.6) is 0 Å². The summed E-state index contributed by atoms with van der Waals surface area (Å²) in [6, 6.07) is 14.0. The number of hydrogen-bond acceptors (Lipinski definition) is 9. The van der Waals surface area contributed by atoms with Gasteiger partial charge in [0.05, 0.1) is 51.5 Å². The van der Waals surface area contributed by atoms with Gasteiger partial charge in [-0.25, -0.2) is 19.9 Å². The third-order valence-electron chi connectivity index (χ3n) is 4.42. The molecule has 0 atom stereocenters. The molecule has 4 aromatic rings. The van der Waals surface area contributed by atoms with E-state index >= 15 is 0 Å². The van der Waals surface area contributed by atoms with Crippen LogP contribution in [0.4, 0.5) is 34.1 Å². The fraction of sp³-hybridized carbons (Fsp3) is 0.0909. The monoisotopic (exact) mass is 812 g/mol. The molecule has 0 fully saturated rings. The van der Waals surface area contributed by atoms with Crippen molar-refractivity contribution in [2.45, 2.75) is 13.8 Å². The second-order valence-corrected chi connectivity index (χ2v) is 6.66. The zero-order valence-electron chi connectivity index (χ0n) is 18.7. The highest BCUT2D eigenvalue weighted by Gasteiger charge is 2.13. The van der Waals surface area contributed by atoms with E-state index in [-0.39, 0.29) is 29.7 Å². The molecule has 0 unspecified atom stereocenters. The summed E-state index contributed by atoms with van der Waals surface area (Å²) >= 11 is 4.24. The van der Waals surface area contributed by atoms with E-state index in [1.165, 1.54) is 18.7 Å². The highest BCUT2D eigenvalue weighted by molar-refractivity contribution is 15.0. The minimum Gasteiger partial charge on any atom is -0.397 e. The first-order valence-electron chi connectivity index (χ1n) is 9.75. The van der Waals surface area contributed by atoms with Crippen LogP contribution >= 0.6 is 61.2 Å². The molecule has 0 saturated carbocycles. The lowest BCUT2D eigenvalue weighted by atomic mass is 10.2. The zero-order chi connectivity index (χ0) is 24.9. The second kappa shape index (κ2) is 16.3. The van der Waals surface area contributed by atoms with Crippen LogP contribution in [0.3, 0.4) is 0 Å². The van der Waals surface area contributed by atoms with E-state index in [0.717, 1.165) is 22.8 Å². The molecule has 0 aliphatic carbocycles. The number of benzene rings is 2. The van der Waals surface area contributed by atoms with Gasteiger partial charge >= 0.3 is 0 Å². The van der Waals surface area contributed by atoms with E-state index in [1.54, 1.807) is 37.5 Å². The largest absolute Gasteiger partial charge is 0.397 e. The summed E-state index contributed by atoms with van der Waals surface area (Å²) in [6.07, 6.45) is 6.27. The van der Waals surface area contributed by atoms with Gasteiger partial charge < -0.3 is 16.4 Å². The van der Waals surface area contributed by atoms with E-state index in [2.05, 4.69) is 67.8 Å². The maximum atomic E-state index is 10.8. The Labute approximate surface area is 243 Å². The molecule has 10 nitrogen and oxygen atoms in total. The van der Waals surface area contributed by atoms with Crippen molar-refractivity contribution in [3.05, 3.63) is 95.1 Å². The van der Waals surface area contributed by atoms with E-state index in [0.29, 0.717) is 17.1 Å². The lowest BCUT2D eigenvalue weighted by Crippen LogP contribution is -1.99. The minimum atomic E-state index is -0.429. The van der Waals surface area contributed by atoms with Gasteiger partial charge in [0.25, 0.3) is 5.69 Å². The van der Waals surface area contributed by atoms with Crippen molar-refractivity contribution in [1.29, 1.82) is 0 Å². The highest BCUT2D eigenvalue weighted by atomic mass is 128. The van der Waals surface area contributed by atoms with Crippen molar-refractivity contribution in [2.75, 3.05) is 16.4 Å². The molecular formula is C22H23I3N8O2. The molecule has 2 aromatic heterocycles. The van der Waals surface area contributed by atoms with Gasteiger partial charge in [0.2, 0.25) is 0 Å². The Morgan fingerprint density at radius 3 is 1.74 bits per heavy atom. The number of aromatic nitrogens is 4. The van der Waals surface area contributed by atoms with E-state index in [9.17, 15) is 10.1 Å². The lowest BCUT2D eigenvalue weighted by molar-refractivity contribution is -0.383. The molecule has 0 aliphatic rings. The van der Waals surface area contributed by atoms with Crippen LogP contribution < -0.4 is 16.4 Å². The lowest BCUT2D eigenvalue weighted by Gasteiger charge is -2.09. The number of anilines is 5. The van der Waals surface area contributed by atoms with E-state index in [1.807, 2.05) is 31.2 Å². The number of aryl methyl sites for hydroxylation is 2. The standard InChI is InChI=1S/C11H10N4O2.C11H12N4.I2.HI/c1-8-10(6-12-7-13-8)14-9-4-2-3-5-11(9)15(16)17;1-8-11(6-13-7-14-8)15-10-5-3-2-4-9(10)12;1-2;/h2-7,14H,1H3;2-7,15H,12H2,1H3;;1H. The average Bonchev–Trinajstić information content (AvgIpc) is 2.85. The van der Waals surface area contributed by atoms with E-state index in [4.69, 9.17) is 5.73 Å². The van der Waals surface area contributed by atoms with Gasteiger partial charge in [-0.3, -0.25) is 10.1 Å². The number of nitrogen functional groups attached to an aromatic ring is 1. The fourth-order valence-corrected chi connectivity index (χ4v) is 2.67. The maximum absolute atomic E-state index is 10.8. The van der Waals surface area contributed by atoms with Crippen LogP contribution in [-0.2, 0) is 0 Å². The Morgan fingerprint density at radius 2 is 1.26 bits per heavy atom. The minimum absolute atomic E-state index is 0. The molecule has 4 rings (SSSR count). The van der Waals surface area contributed by atoms with Crippen molar-refractivity contribution in [3.8, 4) is 0 Å². The molecule has 0 amide bonds. The summed E-state index contributed by atoms with van der Waals surface area (Å²) in [5.74, 6) is 0. The Balaban J connectivity index is 0.000000320. The number of nitro benzene ring substituents is 1. The number of halogens is 3. The summed E-state index contributed by atoms with van der Waals surface area (Å²) < 4.78 is 0. The number of rotatable bonds is 5. The average molecular weight is 812 g/mol. The van der Waals surface area contributed by atoms with Gasteiger partial charge in [0, 0.05) is 43.3 Å². The van der Waals surface area contributed by atoms with Gasteiger partial charge in [0.1, 0.15) is 18.3 Å². The van der Waals surface area contributed by atoms with Gasteiger partial charge in [0.15, 0.2) is 0 Å². The zero-order valence-corrected chi connectivity index (χ0v) is 25.4. The fourth-order valence-electron chi connectivity index (χ4n) is 2.67. The number of nitrogens with two attached hydrogens (primary N) is 1. The first-order valence-corrected chi connectivity index (χ1v) is 16.0. The van der Waals surface area contributed by atoms with Gasteiger partial charge in [-0.05, 0) is 32.0 Å². The molecule has 0 aliphatic heterocycles. The molecule has 35 heavy (non-hydrogen) atoms. The second-order valence-electron chi connectivity index (χ2n) is 6.66. The Kier molecular flexibility index (Phi) is 14.3. The van der Waals surface area contributed by atoms with Crippen molar-refractivity contribution >= 4 is 95.3 Å². The number of nitro groups is 1. The summed E-state index contributed by atoms with van der Waals surface area (Å²) in [5.41, 5.74) is 11.0. The Bertz CT molecular complexity index is 1190. The number of nitrogens with one attached hydrogen (secondary N) is 2. The highest BCUT2D eigenvalue weighted by Crippen LogP contribution is 2.27. The number of hydrogen-bond donors (Lipinski definition) is 3. The van der Waals surface area contributed by atoms with Gasteiger partial charge in [-0.15, -0.1) is 24.0 Å². The number of nitrogens with zero attached hydrogens (tertiary/aromatic N) is 5. The molecule has 0 saturated heterocycles. The summed E-state index contributed by atoms with van der Waals surface area (Å²) in [4.78, 5) is 26.3.